The second-order valence-corrected chi connectivity index (χ2v) is 2.92. The first-order valence-electron chi connectivity index (χ1n) is 4.08. The lowest BCUT2D eigenvalue weighted by atomic mass is 10.3. The fourth-order valence-electron chi connectivity index (χ4n) is 0.592. The van der Waals surface area contributed by atoms with E-state index in [-0.39, 0.29) is 11.5 Å². The highest BCUT2D eigenvalue weighted by Crippen LogP contribution is 2.35. The van der Waals surface area contributed by atoms with E-state index in [2.05, 4.69) is 16.1 Å². The van der Waals surface area contributed by atoms with Crippen molar-refractivity contribution in [2.75, 3.05) is 13.7 Å². The predicted octanol–water partition coefficient (Wildman–Crippen LogP) is 3.26. The van der Waals surface area contributed by atoms with Crippen LogP contribution >= 0.6 is 0 Å². The molecule has 0 spiro atoms. The van der Waals surface area contributed by atoms with Gasteiger partial charge < -0.3 is 9.47 Å². The van der Waals surface area contributed by atoms with E-state index in [4.69, 9.17) is 0 Å². The molecule has 0 heterocycles. The summed E-state index contributed by atoms with van der Waals surface area (Å²) in [6.45, 7) is 2.81. The Morgan fingerprint density at radius 3 is 2.12 bits per heavy atom. The van der Waals surface area contributed by atoms with Crippen LogP contribution in [0.5, 0.6) is 0 Å². The van der Waals surface area contributed by atoms with Crippen molar-refractivity contribution in [1.29, 1.82) is 0 Å². The van der Waals surface area contributed by atoms with Crippen molar-refractivity contribution in [2.45, 2.75) is 19.0 Å². The highest BCUT2D eigenvalue weighted by Gasteiger charge is 2.58. The van der Waals surface area contributed by atoms with Gasteiger partial charge in [-0.3, -0.25) is 0 Å². The maximum absolute atomic E-state index is 12.4. The molecule has 0 aliphatic rings. The predicted molar refractivity (Wildman–Crippen MR) is 46.9 cm³/mol. The van der Waals surface area contributed by atoms with Crippen LogP contribution in [0.2, 0.25) is 0 Å². The Labute approximate surface area is 89.3 Å². The van der Waals surface area contributed by atoms with Crippen LogP contribution in [0.3, 0.4) is 0 Å². The highest BCUT2D eigenvalue weighted by atomic mass is 19.4. The van der Waals surface area contributed by atoms with E-state index in [9.17, 15) is 22.0 Å². The van der Waals surface area contributed by atoms with Gasteiger partial charge in [0.25, 0.3) is 0 Å². The minimum atomic E-state index is -5.63. The molecule has 0 aromatic rings. The summed E-state index contributed by atoms with van der Waals surface area (Å²) >= 11 is 0. The molecule has 0 atom stereocenters. The highest BCUT2D eigenvalue weighted by molar-refractivity contribution is 5.10. The van der Waals surface area contributed by atoms with Gasteiger partial charge in [-0.15, -0.1) is 0 Å². The Bertz CT molecular complexity index is 280. The normalized spacial score (nSPS) is 13.6. The van der Waals surface area contributed by atoms with Gasteiger partial charge in [-0.2, -0.15) is 22.0 Å². The van der Waals surface area contributed by atoms with E-state index in [1.165, 1.54) is 14.0 Å². The van der Waals surface area contributed by atoms with Crippen LogP contribution in [-0.4, -0.2) is 25.8 Å². The van der Waals surface area contributed by atoms with Gasteiger partial charge in [-0.25, -0.2) is 0 Å². The zero-order chi connectivity index (χ0) is 13.0. The Kier molecular flexibility index (Phi) is 4.77. The fraction of sp³-hybridized carbons (Fsp3) is 0.556. The molecule has 0 saturated heterocycles. The van der Waals surface area contributed by atoms with E-state index in [0.717, 1.165) is 6.08 Å². The minimum absolute atomic E-state index is 0.278. The molecule has 0 rings (SSSR count). The van der Waals surface area contributed by atoms with Gasteiger partial charge in [0.05, 0.1) is 12.9 Å². The zero-order valence-corrected chi connectivity index (χ0v) is 8.70. The summed E-state index contributed by atoms with van der Waals surface area (Å²) < 4.78 is 68.7. The number of allylic oxidation sites excluding steroid dienone is 2. The number of hydrogen-bond acceptors (Lipinski definition) is 2. The van der Waals surface area contributed by atoms with E-state index in [0.29, 0.717) is 0 Å². The topological polar surface area (TPSA) is 18.5 Å². The van der Waals surface area contributed by atoms with Crippen molar-refractivity contribution < 1.29 is 31.4 Å². The fourth-order valence-corrected chi connectivity index (χ4v) is 0.592. The molecule has 2 nitrogen and oxygen atoms in total. The number of rotatable bonds is 5. The molecule has 0 aliphatic carbocycles. The van der Waals surface area contributed by atoms with E-state index < -0.39 is 18.7 Å². The van der Waals surface area contributed by atoms with Gasteiger partial charge in [0.2, 0.25) is 0 Å². The van der Waals surface area contributed by atoms with Crippen LogP contribution < -0.4 is 0 Å². The third-order valence-corrected chi connectivity index (χ3v) is 1.54. The molecule has 0 aromatic heterocycles. The third-order valence-electron chi connectivity index (χ3n) is 1.54. The number of halogens is 5. The summed E-state index contributed by atoms with van der Waals surface area (Å²) in [6, 6.07) is 0. The second kappa shape index (κ2) is 5.18. The Morgan fingerprint density at radius 1 is 1.25 bits per heavy atom. The Balaban J connectivity index is 4.32. The largest absolute Gasteiger partial charge is 0.501 e. The smallest absolute Gasteiger partial charge is 0.456 e. The standard InChI is InChI=1S/C9H11F5O2/c1-6(15-3)4-7(2)16-5-8(10,11)9(12,13)14/h4H,2,5H2,1,3H3/b6-4+. The van der Waals surface area contributed by atoms with Gasteiger partial charge in [0.15, 0.2) is 6.61 Å². The summed E-state index contributed by atoms with van der Waals surface area (Å²) in [5.74, 6) is -4.95. The van der Waals surface area contributed by atoms with Gasteiger partial charge in [-0.1, -0.05) is 6.58 Å². The third kappa shape index (κ3) is 4.50. The molecule has 0 aromatic carbocycles. The van der Waals surface area contributed by atoms with E-state index >= 15 is 0 Å². The van der Waals surface area contributed by atoms with Gasteiger partial charge in [0, 0.05) is 6.08 Å². The number of methoxy groups -OCH3 is 1. The molecule has 7 heteroatoms. The molecule has 0 amide bonds. The maximum atomic E-state index is 12.4. The molecular formula is C9H11F5O2. The summed E-state index contributed by atoms with van der Waals surface area (Å²) in [5.41, 5.74) is 0. The zero-order valence-electron chi connectivity index (χ0n) is 8.70. The number of alkyl halides is 5. The van der Waals surface area contributed by atoms with Gasteiger partial charge >= 0.3 is 12.1 Å². The molecule has 0 N–H and O–H groups in total. The first-order chi connectivity index (χ1) is 7.10. The van der Waals surface area contributed by atoms with Crippen molar-refractivity contribution in [3.8, 4) is 0 Å². The van der Waals surface area contributed by atoms with Crippen LogP contribution in [0.25, 0.3) is 0 Å². The molecule has 0 aliphatic heterocycles. The molecule has 0 radical (unpaired) electrons. The SMILES string of the molecule is C=C(/C=C(\C)OC)OCC(F)(F)C(F)(F)F. The van der Waals surface area contributed by atoms with E-state index in [1.807, 2.05) is 0 Å². The lowest BCUT2D eigenvalue weighted by Crippen LogP contribution is -2.40. The van der Waals surface area contributed by atoms with Crippen molar-refractivity contribution in [2.24, 2.45) is 0 Å². The summed E-state index contributed by atoms with van der Waals surface area (Å²) in [5, 5.41) is 0. The minimum Gasteiger partial charge on any atom is -0.501 e. The lowest BCUT2D eigenvalue weighted by molar-refractivity contribution is -0.293. The Morgan fingerprint density at radius 2 is 1.75 bits per heavy atom. The molecule has 0 saturated carbocycles. The summed E-state index contributed by atoms with van der Waals surface area (Å²) in [7, 11) is 1.31. The van der Waals surface area contributed by atoms with Crippen LogP contribution in [0.1, 0.15) is 6.92 Å². The molecule has 16 heavy (non-hydrogen) atoms. The van der Waals surface area contributed by atoms with Crippen molar-refractivity contribution in [1.82, 2.24) is 0 Å². The van der Waals surface area contributed by atoms with Crippen LogP contribution in [0.15, 0.2) is 24.2 Å². The average Bonchev–Trinajstić information content (AvgIpc) is 2.13. The number of hydrogen-bond donors (Lipinski definition) is 0. The molecule has 0 bridgehead atoms. The van der Waals surface area contributed by atoms with Crippen LogP contribution in [-0.2, 0) is 9.47 Å². The number of ether oxygens (including phenoxy) is 2. The molecule has 0 unspecified atom stereocenters. The van der Waals surface area contributed by atoms with Crippen molar-refractivity contribution in [3.63, 3.8) is 0 Å². The molecule has 94 valence electrons. The monoisotopic (exact) mass is 246 g/mol. The Hall–Kier alpha value is -1.27. The first kappa shape index (κ1) is 14.7. The molecule has 0 fully saturated rings. The van der Waals surface area contributed by atoms with Gasteiger partial charge in [-0.05, 0) is 6.92 Å². The quantitative estimate of drug-likeness (QED) is 0.421. The maximum Gasteiger partial charge on any atom is 0.456 e. The van der Waals surface area contributed by atoms with Crippen LogP contribution in [0.4, 0.5) is 22.0 Å². The molecular weight excluding hydrogens is 235 g/mol. The van der Waals surface area contributed by atoms with Crippen molar-refractivity contribution in [3.05, 3.63) is 24.2 Å². The van der Waals surface area contributed by atoms with Gasteiger partial charge in [0.1, 0.15) is 5.76 Å². The van der Waals surface area contributed by atoms with Crippen molar-refractivity contribution >= 4 is 0 Å². The lowest BCUT2D eigenvalue weighted by Gasteiger charge is -2.19. The summed E-state index contributed by atoms with van der Waals surface area (Å²) in [4.78, 5) is 0. The van der Waals surface area contributed by atoms with E-state index in [1.54, 1.807) is 0 Å². The average molecular weight is 246 g/mol. The second-order valence-electron chi connectivity index (χ2n) is 2.92. The van der Waals surface area contributed by atoms with Crippen LogP contribution in [0, 0.1) is 0 Å². The summed E-state index contributed by atoms with van der Waals surface area (Å²) in [6.07, 6.45) is -4.53. The first-order valence-corrected chi connectivity index (χ1v) is 4.08.